The third-order valence-corrected chi connectivity index (χ3v) is 4.58. The van der Waals surface area contributed by atoms with Crippen molar-refractivity contribution < 1.29 is 22.7 Å². The van der Waals surface area contributed by atoms with Gasteiger partial charge in [0.1, 0.15) is 0 Å². The van der Waals surface area contributed by atoms with Gasteiger partial charge in [-0.15, -0.1) is 0 Å². The van der Waals surface area contributed by atoms with Gasteiger partial charge in [0, 0.05) is 11.9 Å². The topological polar surface area (TPSA) is 102 Å². The van der Waals surface area contributed by atoms with Gasteiger partial charge in [-0.25, -0.2) is 13.2 Å². The molecule has 1 aromatic rings. The number of hydrogen-bond donors (Lipinski definition) is 2. The van der Waals surface area contributed by atoms with Crippen molar-refractivity contribution in [3.05, 3.63) is 23.8 Å². The van der Waals surface area contributed by atoms with E-state index in [1.165, 1.54) is 18.2 Å². The highest BCUT2D eigenvalue weighted by molar-refractivity contribution is 7.90. The van der Waals surface area contributed by atoms with E-state index >= 15 is 0 Å². The van der Waals surface area contributed by atoms with Crippen LogP contribution in [0.15, 0.2) is 23.1 Å². The zero-order valence-electron chi connectivity index (χ0n) is 13.1. The summed E-state index contributed by atoms with van der Waals surface area (Å²) >= 11 is 0. The second-order valence-corrected chi connectivity index (χ2v) is 7.39. The first-order valence-electron chi connectivity index (χ1n) is 7.38. The molecule has 23 heavy (non-hydrogen) atoms. The molecule has 1 amide bonds. The number of amides is 1. The Hall–Kier alpha value is -1.93. The molecule has 1 heterocycles. The van der Waals surface area contributed by atoms with Crippen LogP contribution in [0.25, 0.3) is 0 Å². The molecule has 1 fully saturated rings. The van der Waals surface area contributed by atoms with Crippen LogP contribution in [0.4, 0.5) is 5.69 Å². The van der Waals surface area contributed by atoms with Crippen molar-refractivity contribution >= 4 is 27.4 Å². The van der Waals surface area contributed by atoms with Crippen LogP contribution < -0.4 is 10.6 Å². The molecule has 2 N–H and O–H groups in total. The fraction of sp³-hybridized carbons (Fsp3) is 0.467. The van der Waals surface area contributed by atoms with Gasteiger partial charge in [0.05, 0.1) is 23.1 Å². The number of carbonyl (C=O) groups is 2. The number of benzene rings is 1. The zero-order chi connectivity index (χ0) is 17.0. The molecule has 1 saturated heterocycles. The number of rotatable bonds is 5. The summed E-state index contributed by atoms with van der Waals surface area (Å²) in [4.78, 5) is 24.0. The highest BCUT2D eigenvalue weighted by Gasteiger charge is 2.23. The Balaban J connectivity index is 2.31. The summed E-state index contributed by atoms with van der Waals surface area (Å²) in [5.41, 5.74) is 0.346. The summed E-state index contributed by atoms with van der Waals surface area (Å²) in [6, 6.07) is 3.70. The highest BCUT2D eigenvalue weighted by Crippen LogP contribution is 2.21. The van der Waals surface area contributed by atoms with E-state index in [1.54, 1.807) is 6.92 Å². The summed E-state index contributed by atoms with van der Waals surface area (Å²) in [5, 5.41) is 5.72. The summed E-state index contributed by atoms with van der Waals surface area (Å²) < 4.78 is 28.5. The molecule has 0 aliphatic carbocycles. The molecule has 1 aliphatic heterocycles. The van der Waals surface area contributed by atoms with Gasteiger partial charge in [0.25, 0.3) is 0 Å². The summed E-state index contributed by atoms with van der Waals surface area (Å²) in [6.45, 7) is 2.61. The van der Waals surface area contributed by atoms with Crippen LogP contribution in [0.3, 0.4) is 0 Å². The van der Waals surface area contributed by atoms with Crippen LogP contribution in [0.5, 0.6) is 0 Å². The molecule has 0 bridgehead atoms. The molecule has 0 saturated carbocycles. The lowest BCUT2D eigenvalue weighted by molar-refractivity contribution is -0.117. The van der Waals surface area contributed by atoms with E-state index in [0.29, 0.717) is 0 Å². The van der Waals surface area contributed by atoms with Gasteiger partial charge in [-0.3, -0.25) is 4.79 Å². The molecular weight excluding hydrogens is 320 g/mol. The van der Waals surface area contributed by atoms with Crippen LogP contribution in [0.2, 0.25) is 0 Å². The maximum atomic E-state index is 12.1. The molecular formula is C15H20N2O5S. The SMILES string of the molecule is CCOC(=O)c1cc(NC(=O)C2CCCN2)cc(S(C)(=O)=O)c1. The van der Waals surface area contributed by atoms with Crippen molar-refractivity contribution in [2.45, 2.75) is 30.7 Å². The van der Waals surface area contributed by atoms with Gasteiger partial charge in [0.15, 0.2) is 9.84 Å². The van der Waals surface area contributed by atoms with Crippen LogP contribution in [-0.2, 0) is 19.4 Å². The largest absolute Gasteiger partial charge is 0.462 e. The van der Waals surface area contributed by atoms with E-state index < -0.39 is 15.8 Å². The van der Waals surface area contributed by atoms with Gasteiger partial charge < -0.3 is 15.4 Å². The molecule has 1 atom stereocenters. The Morgan fingerprint density at radius 3 is 2.65 bits per heavy atom. The average Bonchev–Trinajstić information content (AvgIpc) is 3.00. The molecule has 0 spiro atoms. The van der Waals surface area contributed by atoms with E-state index in [0.717, 1.165) is 25.6 Å². The molecule has 7 nitrogen and oxygen atoms in total. The van der Waals surface area contributed by atoms with Crippen LogP contribution in [-0.4, -0.2) is 45.7 Å². The van der Waals surface area contributed by atoms with Crippen LogP contribution in [0.1, 0.15) is 30.1 Å². The van der Waals surface area contributed by atoms with E-state index in [1.807, 2.05) is 0 Å². The molecule has 126 valence electrons. The van der Waals surface area contributed by atoms with Crippen molar-refractivity contribution in [1.29, 1.82) is 0 Å². The van der Waals surface area contributed by atoms with E-state index in [4.69, 9.17) is 4.74 Å². The second kappa shape index (κ2) is 7.10. The zero-order valence-corrected chi connectivity index (χ0v) is 13.9. The van der Waals surface area contributed by atoms with Crippen LogP contribution in [0, 0.1) is 0 Å². The first-order chi connectivity index (χ1) is 10.8. The lowest BCUT2D eigenvalue weighted by Gasteiger charge is -2.13. The monoisotopic (exact) mass is 340 g/mol. The number of anilines is 1. The maximum absolute atomic E-state index is 12.1. The minimum Gasteiger partial charge on any atom is -0.462 e. The predicted molar refractivity (Wildman–Crippen MR) is 85.2 cm³/mol. The normalized spacial score (nSPS) is 17.7. The van der Waals surface area contributed by atoms with Crippen molar-refractivity contribution in [3.63, 3.8) is 0 Å². The van der Waals surface area contributed by atoms with Gasteiger partial charge in [-0.2, -0.15) is 0 Å². The maximum Gasteiger partial charge on any atom is 0.338 e. The first-order valence-corrected chi connectivity index (χ1v) is 9.27. The fourth-order valence-corrected chi connectivity index (χ4v) is 3.04. The number of sulfone groups is 1. The summed E-state index contributed by atoms with van der Waals surface area (Å²) in [5.74, 6) is -0.879. The van der Waals surface area contributed by atoms with Crippen molar-refractivity contribution in [2.75, 3.05) is 24.7 Å². The summed E-state index contributed by atoms with van der Waals surface area (Å²) in [7, 11) is -3.53. The number of hydrogen-bond acceptors (Lipinski definition) is 6. The Morgan fingerprint density at radius 2 is 2.09 bits per heavy atom. The smallest absolute Gasteiger partial charge is 0.338 e. The lowest BCUT2D eigenvalue weighted by atomic mass is 10.1. The molecule has 0 radical (unpaired) electrons. The number of nitrogens with one attached hydrogen (secondary N) is 2. The number of ether oxygens (including phenoxy) is 1. The Kier molecular flexibility index (Phi) is 5.38. The molecule has 2 rings (SSSR count). The van der Waals surface area contributed by atoms with Crippen molar-refractivity contribution in [3.8, 4) is 0 Å². The minimum absolute atomic E-state index is 0.0438. The highest BCUT2D eigenvalue weighted by atomic mass is 32.2. The van der Waals surface area contributed by atoms with Crippen molar-refractivity contribution in [2.24, 2.45) is 0 Å². The average molecular weight is 340 g/mol. The number of esters is 1. The standard InChI is InChI=1S/C15H20N2O5S/c1-3-22-15(19)10-7-11(9-12(8-10)23(2,20)21)17-14(18)13-5-4-6-16-13/h7-9,13,16H,3-6H2,1-2H3,(H,17,18). The Labute approximate surface area is 135 Å². The molecule has 8 heteroatoms. The van der Waals surface area contributed by atoms with Gasteiger partial charge in [0.2, 0.25) is 5.91 Å². The minimum atomic E-state index is -3.53. The van der Waals surface area contributed by atoms with Gasteiger partial charge in [-0.05, 0) is 44.5 Å². The Morgan fingerprint density at radius 1 is 1.35 bits per heavy atom. The van der Waals surface area contributed by atoms with E-state index in [-0.39, 0.29) is 34.7 Å². The first kappa shape index (κ1) is 17.4. The van der Waals surface area contributed by atoms with Gasteiger partial charge >= 0.3 is 5.97 Å². The third kappa shape index (κ3) is 4.52. The van der Waals surface area contributed by atoms with Crippen LogP contribution >= 0.6 is 0 Å². The van der Waals surface area contributed by atoms with E-state index in [2.05, 4.69) is 10.6 Å². The molecule has 1 aromatic carbocycles. The summed E-state index contributed by atoms with van der Waals surface area (Å²) in [6.07, 6.45) is 2.68. The Bertz CT molecular complexity index is 709. The van der Waals surface area contributed by atoms with E-state index in [9.17, 15) is 18.0 Å². The lowest BCUT2D eigenvalue weighted by Crippen LogP contribution is -2.35. The fourth-order valence-electron chi connectivity index (χ4n) is 2.36. The second-order valence-electron chi connectivity index (χ2n) is 5.38. The predicted octanol–water partition coefficient (Wildman–Crippen LogP) is 0.957. The molecule has 1 aliphatic rings. The molecule has 0 aromatic heterocycles. The van der Waals surface area contributed by atoms with Gasteiger partial charge in [-0.1, -0.05) is 0 Å². The quantitative estimate of drug-likeness (QED) is 0.774. The van der Waals surface area contributed by atoms with Crippen molar-refractivity contribution in [1.82, 2.24) is 5.32 Å². The third-order valence-electron chi connectivity index (χ3n) is 3.49. The number of carbonyl (C=O) groups excluding carboxylic acids is 2. The molecule has 1 unspecified atom stereocenters.